The molecule has 4 heteroatoms. The zero-order valence-electron chi connectivity index (χ0n) is 10.8. The molecule has 1 unspecified atom stereocenters. The lowest BCUT2D eigenvalue weighted by atomic mass is 9.65. The Morgan fingerprint density at radius 3 is 2.76 bits per heavy atom. The van der Waals surface area contributed by atoms with E-state index in [0.29, 0.717) is 13.0 Å². The highest BCUT2D eigenvalue weighted by Crippen LogP contribution is 2.44. The Labute approximate surface area is 111 Å². The number of ether oxygens (including phenoxy) is 1. The number of carbonyl (C=O) groups excluding carboxylic acids is 2. The lowest BCUT2D eigenvalue weighted by Gasteiger charge is -2.40. The van der Waals surface area contributed by atoms with Crippen molar-refractivity contribution in [1.82, 2.24) is 0 Å². The number of carbonyl (C=O) groups is 2. The third-order valence-corrected chi connectivity index (χ3v) is 5.05. The molecule has 0 saturated heterocycles. The van der Waals surface area contributed by atoms with Gasteiger partial charge in [-0.25, -0.2) is 0 Å². The minimum absolute atomic E-state index is 0.0325. The van der Waals surface area contributed by atoms with Gasteiger partial charge in [-0.05, 0) is 39.0 Å². The Kier molecular flexibility index (Phi) is 5.17. The third kappa shape index (κ3) is 2.72. The molecule has 0 aliphatic heterocycles. The summed E-state index contributed by atoms with van der Waals surface area (Å²) in [6, 6.07) is 0. The molecule has 3 nitrogen and oxygen atoms in total. The molecule has 17 heavy (non-hydrogen) atoms. The van der Waals surface area contributed by atoms with E-state index in [-0.39, 0.29) is 22.5 Å². The molecule has 0 N–H and O–H groups in total. The van der Waals surface area contributed by atoms with Gasteiger partial charge in [-0.1, -0.05) is 22.9 Å². The maximum atomic E-state index is 12.1. The number of esters is 1. The van der Waals surface area contributed by atoms with E-state index in [9.17, 15) is 9.59 Å². The van der Waals surface area contributed by atoms with E-state index >= 15 is 0 Å². The van der Waals surface area contributed by atoms with Crippen LogP contribution in [-0.2, 0) is 14.3 Å². The van der Waals surface area contributed by atoms with E-state index in [1.54, 1.807) is 13.8 Å². The number of ketones is 1. The summed E-state index contributed by atoms with van der Waals surface area (Å²) in [5.74, 6) is -0.273. The molecule has 98 valence electrons. The van der Waals surface area contributed by atoms with E-state index in [2.05, 4.69) is 22.9 Å². The fraction of sp³-hybridized carbons (Fsp3) is 0.846. The van der Waals surface area contributed by atoms with Crippen molar-refractivity contribution in [3.05, 3.63) is 0 Å². The molecule has 1 rings (SSSR count). The van der Waals surface area contributed by atoms with Gasteiger partial charge >= 0.3 is 5.97 Å². The normalized spacial score (nSPS) is 31.1. The van der Waals surface area contributed by atoms with Gasteiger partial charge in [0.15, 0.2) is 0 Å². The summed E-state index contributed by atoms with van der Waals surface area (Å²) < 4.78 is 5.10. The van der Waals surface area contributed by atoms with Gasteiger partial charge in [-0.2, -0.15) is 0 Å². The van der Waals surface area contributed by atoms with E-state index in [4.69, 9.17) is 4.74 Å². The van der Waals surface area contributed by atoms with Crippen LogP contribution in [0.2, 0.25) is 0 Å². The maximum Gasteiger partial charge on any atom is 0.319 e. The number of halogens is 1. The summed E-state index contributed by atoms with van der Waals surface area (Å²) in [4.78, 5) is 24.4. The standard InChI is InChI=1S/C13H21BrO3/c1-4-10(14)9-7-6-8-11(15)13(9,3)12(16)17-5-2/h9-10H,4-8H2,1-3H3/t9-,10?,13-/m1/s1. The third-order valence-electron chi connectivity index (χ3n) is 3.77. The average Bonchev–Trinajstić information content (AvgIpc) is 2.32. The van der Waals surface area contributed by atoms with Gasteiger partial charge in [0.25, 0.3) is 0 Å². The van der Waals surface area contributed by atoms with Crippen molar-refractivity contribution < 1.29 is 14.3 Å². The molecule has 0 radical (unpaired) electrons. The summed E-state index contributed by atoms with van der Waals surface area (Å²) in [6.45, 7) is 5.91. The Hall–Kier alpha value is -0.380. The average molecular weight is 305 g/mol. The summed E-state index contributed by atoms with van der Waals surface area (Å²) >= 11 is 3.60. The predicted octanol–water partition coefficient (Wildman–Crippen LogP) is 3.10. The van der Waals surface area contributed by atoms with Gasteiger partial charge in [-0.3, -0.25) is 9.59 Å². The summed E-state index contributed by atoms with van der Waals surface area (Å²) in [7, 11) is 0. The first kappa shape index (κ1) is 14.7. The largest absolute Gasteiger partial charge is 0.465 e. The van der Waals surface area contributed by atoms with Gasteiger partial charge in [0.05, 0.1) is 6.61 Å². The van der Waals surface area contributed by atoms with Crippen LogP contribution < -0.4 is 0 Å². The Morgan fingerprint density at radius 2 is 2.24 bits per heavy atom. The minimum atomic E-state index is -0.960. The van der Waals surface area contributed by atoms with Crippen molar-refractivity contribution >= 4 is 27.7 Å². The van der Waals surface area contributed by atoms with Crippen LogP contribution in [0.15, 0.2) is 0 Å². The van der Waals surface area contributed by atoms with Crippen molar-refractivity contribution in [1.29, 1.82) is 0 Å². The van der Waals surface area contributed by atoms with Crippen LogP contribution in [-0.4, -0.2) is 23.2 Å². The number of alkyl halides is 1. The predicted molar refractivity (Wildman–Crippen MR) is 70.1 cm³/mol. The lowest BCUT2D eigenvalue weighted by Crippen LogP contribution is -2.49. The van der Waals surface area contributed by atoms with E-state index in [1.807, 2.05) is 0 Å². The highest BCUT2D eigenvalue weighted by molar-refractivity contribution is 9.09. The van der Waals surface area contributed by atoms with Crippen LogP contribution in [0.3, 0.4) is 0 Å². The molecule has 1 aliphatic rings. The molecule has 0 amide bonds. The molecule has 3 atom stereocenters. The fourth-order valence-corrected chi connectivity index (χ4v) is 3.40. The Morgan fingerprint density at radius 1 is 1.59 bits per heavy atom. The van der Waals surface area contributed by atoms with E-state index in [1.165, 1.54) is 0 Å². The molecule has 1 saturated carbocycles. The van der Waals surface area contributed by atoms with Crippen LogP contribution in [0.5, 0.6) is 0 Å². The maximum absolute atomic E-state index is 12.1. The van der Waals surface area contributed by atoms with Crippen LogP contribution in [0.1, 0.15) is 46.5 Å². The second-order valence-electron chi connectivity index (χ2n) is 4.77. The Bertz CT molecular complexity index is 303. The minimum Gasteiger partial charge on any atom is -0.465 e. The molecule has 0 heterocycles. The number of rotatable bonds is 4. The van der Waals surface area contributed by atoms with Gasteiger partial charge < -0.3 is 4.74 Å². The molecule has 0 bridgehead atoms. The zero-order valence-corrected chi connectivity index (χ0v) is 12.4. The smallest absolute Gasteiger partial charge is 0.319 e. The fourth-order valence-electron chi connectivity index (χ4n) is 2.61. The first-order valence-corrected chi connectivity index (χ1v) is 7.24. The number of hydrogen-bond acceptors (Lipinski definition) is 3. The monoisotopic (exact) mass is 304 g/mol. The number of Topliss-reactive ketones (excluding diaryl/α,β-unsaturated/α-hetero) is 1. The molecule has 0 aromatic carbocycles. The highest BCUT2D eigenvalue weighted by Gasteiger charge is 2.52. The second-order valence-corrected chi connectivity index (χ2v) is 5.95. The molecule has 0 spiro atoms. The van der Waals surface area contributed by atoms with Crippen molar-refractivity contribution in [2.24, 2.45) is 11.3 Å². The van der Waals surface area contributed by atoms with Gasteiger partial charge in [-0.15, -0.1) is 0 Å². The summed E-state index contributed by atoms with van der Waals surface area (Å²) in [5.41, 5.74) is -0.960. The number of hydrogen-bond donors (Lipinski definition) is 0. The topological polar surface area (TPSA) is 43.4 Å². The van der Waals surface area contributed by atoms with Crippen molar-refractivity contribution in [2.75, 3.05) is 6.61 Å². The quantitative estimate of drug-likeness (QED) is 0.455. The van der Waals surface area contributed by atoms with Crippen LogP contribution in [0.4, 0.5) is 0 Å². The van der Waals surface area contributed by atoms with Crippen molar-refractivity contribution in [2.45, 2.75) is 51.3 Å². The summed E-state index contributed by atoms with van der Waals surface area (Å²) in [6.07, 6.45) is 3.19. The molecular weight excluding hydrogens is 284 g/mol. The molecule has 1 fully saturated rings. The van der Waals surface area contributed by atoms with E-state index < -0.39 is 5.41 Å². The Balaban J connectivity index is 3.00. The highest BCUT2D eigenvalue weighted by atomic mass is 79.9. The zero-order chi connectivity index (χ0) is 13.1. The van der Waals surface area contributed by atoms with E-state index in [0.717, 1.165) is 19.3 Å². The first-order chi connectivity index (χ1) is 7.98. The van der Waals surface area contributed by atoms with Crippen molar-refractivity contribution in [3.8, 4) is 0 Å². The molecule has 0 aromatic rings. The second kappa shape index (κ2) is 5.98. The first-order valence-electron chi connectivity index (χ1n) is 6.33. The van der Waals surface area contributed by atoms with Gasteiger partial charge in [0, 0.05) is 11.2 Å². The summed E-state index contributed by atoms with van der Waals surface area (Å²) in [5, 5.41) is 0. The molecule has 1 aliphatic carbocycles. The van der Waals surface area contributed by atoms with Gasteiger partial charge in [0.2, 0.25) is 0 Å². The SMILES string of the molecule is CCOC(=O)[C@@]1(C)C(=O)CCC[C@@H]1C(Br)CC. The van der Waals surface area contributed by atoms with Crippen molar-refractivity contribution in [3.63, 3.8) is 0 Å². The van der Waals surface area contributed by atoms with Crippen LogP contribution >= 0.6 is 15.9 Å². The van der Waals surface area contributed by atoms with Gasteiger partial charge in [0.1, 0.15) is 11.2 Å². The van der Waals surface area contributed by atoms with Crippen LogP contribution in [0, 0.1) is 11.3 Å². The lowest BCUT2D eigenvalue weighted by molar-refractivity contribution is -0.165. The molecule has 0 aromatic heterocycles. The van der Waals surface area contributed by atoms with Crippen LogP contribution in [0.25, 0.3) is 0 Å². The molecular formula is C13H21BrO3.